The molecule has 1 nitrogen and oxygen atoms in total. The molecule has 2 rings (SSSR count). The number of hydrogen-bond donors (Lipinski definition) is 0. The Morgan fingerprint density at radius 3 is 2.71 bits per heavy atom. The predicted molar refractivity (Wildman–Crippen MR) is 90.7 cm³/mol. The Kier molecular flexibility index (Phi) is 6.85. The predicted octanol–water partition coefficient (Wildman–Crippen LogP) is 6.01. The van der Waals surface area contributed by atoms with E-state index < -0.39 is 0 Å². The molecule has 1 aliphatic carbocycles. The van der Waals surface area contributed by atoms with E-state index in [9.17, 15) is 0 Å². The van der Waals surface area contributed by atoms with Crippen molar-refractivity contribution in [3.05, 3.63) is 42.0 Å². The van der Waals surface area contributed by atoms with E-state index in [1.54, 1.807) is 5.57 Å². The van der Waals surface area contributed by atoms with Crippen molar-refractivity contribution in [1.82, 2.24) is 0 Å². The van der Waals surface area contributed by atoms with Gasteiger partial charge in [0, 0.05) is 0 Å². The third-order valence-electron chi connectivity index (χ3n) is 4.68. The Hall–Kier alpha value is -1.24. The molecule has 116 valence electrons. The van der Waals surface area contributed by atoms with Crippen molar-refractivity contribution >= 4 is 0 Å². The number of rotatable bonds is 8. The molecule has 2 unspecified atom stereocenters. The third-order valence-corrected chi connectivity index (χ3v) is 4.68. The van der Waals surface area contributed by atoms with Gasteiger partial charge in [0.05, 0.1) is 6.61 Å². The van der Waals surface area contributed by atoms with Gasteiger partial charge in [-0.2, -0.15) is 0 Å². The minimum absolute atomic E-state index is 0.729. The number of para-hydroxylation sites is 1. The first-order valence-electron chi connectivity index (χ1n) is 8.66. The van der Waals surface area contributed by atoms with E-state index in [4.69, 9.17) is 4.74 Å². The highest BCUT2D eigenvalue weighted by molar-refractivity contribution is 5.20. The molecule has 0 amide bonds. The molecule has 21 heavy (non-hydrogen) atoms. The maximum absolute atomic E-state index is 5.77. The number of hydrogen-bond acceptors (Lipinski definition) is 1. The van der Waals surface area contributed by atoms with Crippen LogP contribution in [0.25, 0.3) is 0 Å². The number of benzene rings is 1. The van der Waals surface area contributed by atoms with E-state index in [-0.39, 0.29) is 0 Å². The summed E-state index contributed by atoms with van der Waals surface area (Å²) in [7, 11) is 0. The van der Waals surface area contributed by atoms with E-state index in [1.807, 2.05) is 30.3 Å². The molecule has 1 heteroatoms. The molecule has 0 spiro atoms. The van der Waals surface area contributed by atoms with E-state index in [1.165, 1.54) is 38.5 Å². The van der Waals surface area contributed by atoms with Crippen LogP contribution in [0.3, 0.4) is 0 Å². The molecule has 0 aliphatic heterocycles. The Bertz CT molecular complexity index is 421. The monoisotopic (exact) mass is 286 g/mol. The normalized spacial score (nSPS) is 19.9. The van der Waals surface area contributed by atoms with Crippen LogP contribution in [-0.4, -0.2) is 6.61 Å². The summed E-state index contributed by atoms with van der Waals surface area (Å²) in [6, 6.07) is 10.1. The van der Waals surface area contributed by atoms with Crippen LogP contribution in [0.5, 0.6) is 5.75 Å². The van der Waals surface area contributed by atoms with Crippen LogP contribution in [0.1, 0.15) is 58.8 Å². The lowest BCUT2D eigenvalue weighted by molar-refractivity contribution is 0.297. The summed E-state index contributed by atoms with van der Waals surface area (Å²) in [5.41, 5.74) is 1.70. The summed E-state index contributed by atoms with van der Waals surface area (Å²) in [4.78, 5) is 0. The van der Waals surface area contributed by atoms with Crippen molar-refractivity contribution < 1.29 is 4.74 Å². The molecule has 1 aromatic rings. The molecule has 1 aliphatic rings. The van der Waals surface area contributed by atoms with Crippen LogP contribution in [0, 0.1) is 11.8 Å². The lowest BCUT2D eigenvalue weighted by atomic mass is 9.81. The lowest BCUT2D eigenvalue weighted by Gasteiger charge is -2.25. The van der Waals surface area contributed by atoms with Crippen LogP contribution in [-0.2, 0) is 0 Å². The molecule has 0 N–H and O–H groups in total. The molecule has 1 aromatic carbocycles. The summed E-state index contributed by atoms with van der Waals surface area (Å²) in [6.07, 6.45) is 11.7. The second kappa shape index (κ2) is 8.92. The van der Waals surface area contributed by atoms with Gasteiger partial charge in [0.2, 0.25) is 0 Å². The van der Waals surface area contributed by atoms with Gasteiger partial charge in [0.15, 0.2) is 0 Å². The van der Waals surface area contributed by atoms with Crippen molar-refractivity contribution in [2.24, 2.45) is 11.8 Å². The molecule has 0 heterocycles. The van der Waals surface area contributed by atoms with Crippen molar-refractivity contribution in [3.8, 4) is 5.75 Å². The van der Waals surface area contributed by atoms with Crippen LogP contribution in [0.4, 0.5) is 0 Å². The Balaban J connectivity index is 1.64. The lowest BCUT2D eigenvalue weighted by Crippen LogP contribution is -2.11. The minimum atomic E-state index is 0.729. The fourth-order valence-electron chi connectivity index (χ4n) is 3.31. The zero-order valence-corrected chi connectivity index (χ0v) is 13.7. The first kappa shape index (κ1) is 16.1. The van der Waals surface area contributed by atoms with Gasteiger partial charge in [-0.3, -0.25) is 0 Å². The zero-order valence-electron chi connectivity index (χ0n) is 13.7. The quantitative estimate of drug-likeness (QED) is 0.420. The van der Waals surface area contributed by atoms with Crippen LogP contribution in [0.15, 0.2) is 42.0 Å². The van der Waals surface area contributed by atoms with Crippen molar-refractivity contribution in [2.75, 3.05) is 6.61 Å². The summed E-state index contributed by atoms with van der Waals surface area (Å²) in [6.45, 7) is 5.52. The van der Waals surface area contributed by atoms with Crippen LogP contribution < -0.4 is 4.74 Å². The van der Waals surface area contributed by atoms with Gasteiger partial charge < -0.3 is 4.74 Å². The summed E-state index contributed by atoms with van der Waals surface area (Å²) >= 11 is 0. The second-order valence-corrected chi connectivity index (χ2v) is 6.41. The SMILES string of the molecule is CCCC1CC=C(C(C)CCCOc2ccccc2)CC1. The van der Waals surface area contributed by atoms with Gasteiger partial charge in [-0.15, -0.1) is 0 Å². The molecule has 0 saturated carbocycles. The molecule has 0 bridgehead atoms. The molecule has 0 saturated heterocycles. The second-order valence-electron chi connectivity index (χ2n) is 6.41. The molecular weight excluding hydrogens is 256 g/mol. The first-order valence-corrected chi connectivity index (χ1v) is 8.66. The third kappa shape index (κ3) is 5.57. The Morgan fingerprint density at radius 1 is 1.24 bits per heavy atom. The van der Waals surface area contributed by atoms with Crippen LogP contribution >= 0.6 is 0 Å². The highest BCUT2D eigenvalue weighted by Gasteiger charge is 2.17. The fraction of sp³-hybridized carbons (Fsp3) is 0.600. The molecule has 0 radical (unpaired) electrons. The molecule has 2 atom stereocenters. The summed E-state index contributed by atoms with van der Waals surface area (Å²) in [5.74, 6) is 2.67. The van der Waals surface area contributed by atoms with E-state index in [0.717, 1.165) is 30.6 Å². The fourth-order valence-corrected chi connectivity index (χ4v) is 3.31. The van der Waals surface area contributed by atoms with E-state index in [2.05, 4.69) is 19.9 Å². The Morgan fingerprint density at radius 2 is 2.05 bits per heavy atom. The first-order chi connectivity index (χ1) is 10.3. The molecular formula is C20H30O. The van der Waals surface area contributed by atoms with Gasteiger partial charge in [-0.05, 0) is 56.1 Å². The maximum atomic E-state index is 5.77. The Labute approximate surface area is 130 Å². The average Bonchev–Trinajstić information content (AvgIpc) is 2.53. The molecule has 0 aromatic heterocycles. The largest absolute Gasteiger partial charge is 0.494 e. The van der Waals surface area contributed by atoms with Gasteiger partial charge in [0.1, 0.15) is 5.75 Å². The summed E-state index contributed by atoms with van der Waals surface area (Å²) in [5, 5.41) is 0. The smallest absolute Gasteiger partial charge is 0.119 e. The van der Waals surface area contributed by atoms with Crippen LogP contribution in [0.2, 0.25) is 0 Å². The molecule has 0 fully saturated rings. The van der Waals surface area contributed by atoms with Gasteiger partial charge in [-0.1, -0.05) is 56.5 Å². The highest BCUT2D eigenvalue weighted by Crippen LogP contribution is 2.32. The van der Waals surface area contributed by atoms with Crippen molar-refractivity contribution in [3.63, 3.8) is 0 Å². The van der Waals surface area contributed by atoms with Gasteiger partial charge in [0.25, 0.3) is 0 Å². The van der Waals surface area contributed by atoms with Gasteiger partial charge >= 0.3 is 0 Å². The maximum Gasteiger partial charge on any atom is 0.119 e. The van der Waals surface area contributed by atoms with Crippen molar-refractivity contribution in [1.29, 1.82) is 0 Å². The number of ether oxygens (including phenoxy) is 1. The standard InChI is InChI=1S/C20H30O/c1-3-8-18-12-14-19(15-13-18)17(2)9-7-16-21-20-10-5-4-6-11-20/h4-6,10-11,14,17-18H,3,7-9,12-13,15-16H2,1-2H3. The number of allylic oxidation sites excluding steroid dienone is 2. The zero-order chi connectivity index (χ0) is 14.9. The van der Waals surface area contributed by atoms with Gasteiger partial charge in [-0.25, -0.2) is 0 Å². The summed E-state index contributed by atoms with van der Waals surface area (Å²) < 4.78 is 5.77. The van der Waals surface area contributed by atoms with Crippen molar-refractivity contribution in [2.45, 2.75) is 58.8 Å². The van der Waals surface area contributed by atoms with E-state index >= 15 is 0 Å². The topological polar surface area (TPSA) is 9.23 Å². The minimum Gasteiger partial charge on any atom is -0.494 e. The average molecular weight is 286 g/mol. The highest BCUT2D eigenvalue weighted by atomic mass is 16.5. The van der Waals surface area contributed by atoms with E-state index in [0.29, 0.717) is 0 Å².